The molecule has 7 heteroatoms. The largest absolute Gasteiger partial charge is 0.497 e. The fourth-order valence-corrected chi connectivity index (χ4v) is 4.99. The Morgan fingerprint density at radius 2 is 1.74 bits per heavy atom. The van der Waals surface area contributed by atoms with Crippen LogP contribution in [0.3, 0.4) is 0 Å². The minimum absolute atomic E-state index is 0.101. The van der Waals surface area contributed by atoms with Crippen molar-refractivity contribution in [2.24, 2.45) is 7.05 Å². The van der Waals surface area contributed by atoms with Gasteiger partial charge in [-0.25, -0.2) is 0 Å². The summed E-state index contributed by atoms with van der Waals surface area (Å²) in [7, 11) is 5.13. The number of amides is 2. The van der Waals surface area contributed by atoms with Gasteiger partial charge in [0.1, 0.15) is 18.0 Å². The number of aromatic nitrogens is 1. The van der Waals surface area contributed by atoms with E-state index in [0.717, 1.165) is 27.7 Å². The van der Waals surface area contributed by atoms with Gasteiger partial charge in [0.25, 0.3) is 5.91 Å². The molecule has 0 spiro atoms. The van der Waals surface area contributed by atoms with Gasteiger partial charge in [-0.05, 0) is 36.8 Å². The van der Waals surface area contributed by atoms with E-state index in [1.165, 1.54) is 7.11 Å². The lowest BCUT2D eigenvalue weighted by Crippen LogP contribution is -2.36. The summed E-state index contributed by atoms with van der Waals surface area (Å²) >= 11 is 0. The summed E-state index contributed by atoms with van der Waals surface area (Å²) < 4.78 is 12.8. The second kappa shape index (κ2) is 8.83. The van der Waals surface area contributed by atoms with Gasteiger partial charge in [0, 0.05) is 40.8 Å². The van der Waals surface area contributed by atoms with E-state index < -0.39 is 0 Å². The van der Waals surface area contributed by atoms with Gasteiger partial charge in [-0.3, -0.25) is 9.59 Å². The maximum Gasteiger partial charge on any atom is 0.255 e. The van der Waals surface area contributed by atoms with E-state index in [9.17, 15) is 9.59 Å². The van der Waals surface area contributed by atoms with Gasteiger partial charge < -0.3 is 24.3 Å². The quantitative estimate of drug-likeness (QED) is 0.445. The first kappa shape index (κ1) is 22.5. The Kier molecular flexibility index (Phi) is 5.68. The molecule has 0 radical (unpaired) electrons. The summed E-state index contributed by atoms with van der Waals surface area (Å²) in [5, 5.41) is 3.97. The number of carbonyl (C=O) groups is 2. The molecular formula is C28H27N3O4. The van der Waals surface area contributed by atoms with E-state index in [-0.39, 0.29) is 24.4 Å². The van der Waals surface area contributed by atoms with Crippen LogP contribution in [0.5, 0.6) is 11.5 Å². The normalized spacial score (nSPS) is 14.8. The van der Waals surface area contributed by atoms with Crippen LogP contribution in [-0.4, -0.2) is 42.0 Å². The van der Waals surface area contributed by atoms with Crippen LogP contribution in [-0.2, 0) is 11.8 Å². The van der Waals surface area contributed by atoms with Crippen molar-refractivity contribution in [3.63, 3.8) is 0 Å². The number of methoxy groups -OCH3 is 2. The van der Waals surface area contributed by atoms with Crippen molar-refractivity contribution < 1.29 is 19.1 Å². The molecule has 7 nitrogen and oxygen atoms in total. The first-order valence-corrected chi connectivity index (χ1v) is 11.4. The molecule has 1 aliphatic rings. The number of rotatable bonds is 6. The summed E-state index contributed by atoms with van der Waals surface area (Å²) in [6.07, 6.45) is 0. The molecule has 1 aliphatic heterocycles. The van der Waals surface area contributed by atoms with E-state index in [2.05, 4.69) is 28.9 Å². The summed E-state index contributed by atoms with van der Waals surface area (Å²) in [5.74, 6) is 0.638. The topological polar surface area (TPSA) is 72.8 Å². The highest BCUT2D eigenvalue weighted by Gasteiger charge is 2.40. The first-order valence-electron chi connectivity index (χ1n) is 11.4. The Morgan fingerprint density at radius 3 is 2.51 bits per heavy atom. The molecular weight excluding hydrogens is 442 g/mol. The van der Waals surface area contributed by atoms with Crippen LogP contribution in [0.25, 0.3) is 10.9 Å². The smallest absolute Gasteiger partial charge is 0.255 e. The van der Waals surface area contributed by atoms with E-state index in [4.69, 9.17) is 9.47 Å². The molecule has 178 valence electrons. The number of hydrogen-bond acceptors (Lipinski definition) is 4. The summed E-state index contributed by atoms with van der Waals surface area (Å²) in [5.41, 5.74) is 5.23. The molecule has 2 heterocycles. The fourth-order valence-electron chi connectivity index (χ4n) is 4.99. The molecule has 1 atom stereocenters. The number of ether oxygens (including phenoxy) is 2. The third-order valence-corrected chi connectivity index (χ3v) is 6.78. The number of para-hydroxylation sites is 1. The monoisotopic (exact) mass is 469 g/mol. The van der Waals surface area contributed by atoms with Gasteiger partial charge in [0.05, 0.1) is 25.9 Å². The number of fused-ring (bicyclic) bond motifs is 2. The van der Waals surface area contributed by atoms with Gasteiger partial charge >= 0.3 is 0 Å². The first-order chi connectivity index (χ1) is 16.9. The average Bonchev–Trinajstić information content (AvgIpc) is 3.29. The number of carbonyl (C=O) groups excluding carboxylic acids is 2. The molecule has 0 saturated carbocycles. The van der Waals surface area contributed by atoms with Crippen LogP contribution >= 0.6 is 0 Å². The van der Waals surface area contributed by atoms with Gasteiger partial charge in [0.15, 0.2) is 0 Å². The third-order valence-electron chi connectivity index (χ3n) is 6.78. The number of aryl methyl sites for hydroxylation is 1. The predicted octanol–water partition coefficient (Wildman–Crippen LogP) is 4.69. The highest BCUT2D eigenvalue weighted by molar-refractivity contribution is 6.04. The van der Waals surface area contributed by atoms with Crippen molar-refractivity contribution in [2.75, 3.05) is 26.1 Å². The second-order valence-electron chi connectivity index (χ2n) is 8.61. The Morgan fingerprint density at radius 1 is 1.00 bits per heavy atom. The Bertz CT molecular complexity index is 1460. The van der Waals surface area contributed by atoms with E-state index in [0.29, 0.717) is 22.7 Å². The van der Waals surface area contributed by atoms with Crippen molar-refractivity contribution in [1.82, 2.24) is 9.47 Å². The van der Waals surface area contributed by atoms with E-state index in [1.54, 1.807) is 30.2 Å². The lowest BCUT2D eigenvalue weighted by Gasteiger charge is -2.26. The maximum absolute atomic E-state index is 13.5. The Hall–Kier alpha value is -4.26. The van der Waals surface area contributed by atoms with Crippen LogP contribution in [0.15, 0.2) is 66.7 Å². The highest BCUT2D eigenvalue weighted by Crippen LogP contribution is 2.43. The Balaban J connectivity index is 1.53. The standard InChI is InChI=1S/C28H27N3O4/c1-17-26(21-11-7-8-12-23(21)30(17)2)27-19-9-5-6-10-20(19)28(33)31(27)16-25(32)29-22-14-13-18(34-3)15-24(22)35-4/h5-15,27H,16H2,1-4H3,(H,29,32)/t27-/m1/s1. The van der Waals surface area contributed by atoms with Crippen molar-refractivity contribution in [1.29, 1.82) is 0 Å². The zero-order chi connectivity index (χ0) is 24.7. The molecule has 3 aromatic carbocycles. The van der Waals surface area contributed by atoms with E-state index >= 15 is 0 Å². The lowest BCUT2D eigenvalue weighted by molar-refractivity contribution is -0.117. The molecule has 0 aliphatic carbocycles. The van der Waals surface area contributed by atoms with Crippen LogP contribution in [0.1, 0.15) is 33.2 Å². The lowest BCUT2D eigenvalue weighted by atomic mass is 9.95. The molecule has 1 aromatic heterocycles. The second-order valence-corrected chi connectivity index (χ2v) is 8.61. The maximum atomic E-state index is 13.5. The summed E-state index contributed by atoms with van der Waals surface area (Å²) in [6, 6.07) is 20.6. The predicted molar refractivity (Wildman–Crippen MR) is 135 cm³/mol. The summed E-state index contributed by atoms with van der Waals surface area (Å²) in [6.45, 7) is 1.96. The number of nitrogens with zero attached hydrogens (tertiary/aromatic N) is 2. The zero-order valence-electron chi connectivity index (χ0n) is 20.2. The average molecular weight is 470 g/mol. The number of hydrogen-bond donors (Lipinski definition) is 1. The van der Waals surface area contributed by atoms with Crippen LogP contribution in [0.2, 0.25) is 0 Å². The number of benzene rings is 3. The molecule has 0 bridgehead atoms. The molecule has 2 amide bonds. The van der Waals surface area contributed by atoms with Crippen LogP contribution in [0, 0.1) is 6.92 Å². The van der Waals surface area contributed by atoms with Crippen molar-refractivity contribution >= 4 is 28.4 Å². The van der Waals surface area contributed by atoms with Gasteiger partial charge in [-0.2, -0.15) is 0 Å². The van der Waals surface area contributed by atoms with Crippen molar-refractivity contribution in [3.05, 3.63) is 89.1 Å². The van der Waals surface area contributed by atoms with E-state index in [1.807, 2.05) is 43.4 Å². The highest BCUT2D eigenvalue weighted by atomic mass is 16.5. The third kappa shape index (κ3) is 3.69. The van der Waals surface area contributed by atoms with Gasteiger partial charge in [-0.1, -0.05) is 36.4 Å². The number of nitrogens with one attached hydrogen (secondary N) is 1. The van der Waals surface area contributed by atoms with Gasteiger partial charge in [-0.15, -0.1) is 0 Å². The minimum Gasteiger partial charge on any atom is -0.497 e. The zero-order valence-corrected chi connectivity index (χ0v) is 20.2. The minimum atomic E-state index is -0.367. The van der Waals surface area contributed by atoms with Gasteiger partial charge in [0.2, 0.25) is 5.91 Å². The Labute approximate surface area is 203 Å². The van der Waals surface area contributed by atoms with Crippen LogP contribution in [0.4, 0.5) is 5.69 Å². The molecule has 5 rings (SSSR count). The van der Waals surface area contributed by atoms with Crippen molar-refractivity contribution in [3.8, 4) is 11.5 Å². The molecule has 35 heavy (non-hydrogen) atoms. The number of anilines is 1. The molecule has 4 aromatic rings. The van der Waals surface area contributed by atoms with Crippen LogP contribution < -0.4 is 14.8 Å². The molecule has 0 fully saturated rings. The summed E-state index contributed by atoms with van der Waals surface area (Å²) in [4.78, 5) is 28.4. The molecule has 1 N–H and O–H groups in total. The SMILES string of the molecule is COc1ccc(NC(=O)CN2C(=O)c3ccccc3[C@@H]2c2c(C)n(C)c3ccccc23)c(OC)c1. The van der Waals surface area contributed by atoms with Crippen molar-refractivity contribution in [2.45, 2.75) is 13.0 Å². The molecule has 0 unspecified atom stereocenters. The molecule has 0 saturated heterocycles. The fraction of sp³-hybridized carbons (Fsp3) is 0.214.